The van der Waals surface area contributed by atoms with E-state index in [4.69, 9.17) is 0 Å². The van der Waals surface area contributed by atoms with Crippen molar-refractivity contribution in [2.24, 2.45) is 0 Å². The first-order valence-corrected chi connectivity index (χ1v) is 6.43. The molecule has 1 atom stereocenters. The van der Waals surface area contributed by atoms with Gasteiger partial charge >= 0.3 is 0 Å². The summed E-state index contributed by atoms with van der Waals surface area (Å²) in [5.41, 5.74) is 0.382. The number of alkyl halides is 1. The predicted molar refractivity (Wildman–Crippen MR) is 57.3 cm³/mol. The number of rotatable bonds is 4. The standard InChI is InChI=1S/C10H14FNO2S/c1-12-7-10(11)8-4-3-5-9(6-8)15(2,13)14/h3-6,10,12H,7H2,1-2H3. The van der Waals surface area contributed by atoms with Gasteiger partial charge in [0.2, 0.25) is 0 Å². The average molecular weight is 231 g/mol. The molecule has 0 amide bonds. The van der Waals surface area contributed by atoms with Crippen LogP contribution in [0.4, 0.5) is 4.39 Å². The molecule has 0 heterocycles. The Balaban J connectivity index is 3.03. The predicted octanol–water partition coefficient (Wildman–Crippen LogP) is 1.32. The highest BCUT2D eigenvalue weighted by molar-refractivity contribution is 7.90. The number of halogens is 1. The van der Waals surface area contributed by atoms with E-state index in [-0.39, 0.29) is 11.4 Å². The van der Waals surface area contributed by atoms with E-state index in [2.05, 4.69) is 5.32 Å². The Bertz CT molecular complexity index is 431. The highest BCUT2D eigenvalue weighted by Crippen LogP contribution is 2.19. The van der Waals surface area contributed by atoms with E-state index in [1.165, 1.54) is 12.1 Å². The number of nitrogens with one attached hydrogen (secondary N) is 1. The Morgan fingerprint density at radius 2 is 2.13 bits per heavy atom. The van der Waals surface area contributed by atoms with E-state index in [9.17, 15) is 12.8 Å². The van der Waals surface area contributed by atoms with Gasteiger partial charge < -0.3 is 5.32 Å². The summed E-state index contributed by atoms with van der Waals surface area (Å²) in [4.78, 5) is 0.152. The van der Waals surface area contributed by atoms with E-state index in [1.54, 1.807) is 19.2 Å². The fraction of sp³-hybridized carbons (Fsp3) is 0.400. The Kier molecular flexibility index (Phi) is 3.82. The second-order valence-corrected chi connectivity index (χ2v) is 5.39. The molecule has 1 aromatic carbocycles. The maximum Gasteiger partial charge on any atom is 0.175 e. The van der Waals surface area contributed by atoms with Gasteiger partial charge in [0.15, 0.2) is 9.84 Å². The SMILES string of the molecule is CNCC(F)c1cccc(S(C)(=O)=O)c1. The summed E-state index contributed by atoms with van der Waals surface area (Å²) in [7, 11) is -1.62. The van der Waals surface area contributed by atoms with Gasteiger partial charge in [-0.05, 0) is 24.7 Å². The zero-order valence-corrected chi connectivity index (χ0v) is 9.51. The average Bonchev–Trinajstić information content (AvgIpc) is 2.17. The number of sulfone groups is 1. The van der Waals surface area contributed by atoms with Crippen LogP contribution >= 0.6 is 0 Å². The van der Waals surface area contributed by atoms with E-state index < -0.39 is 16.0 Å². The fourth-order valence-electron chi connectivity index (χ4n) is 1.24. The normalized spacial score (nSPS) is 13.8. The molecule has 0 aliphatic heterocycles. The molecule has 0 radical (unpaired) electrons. The first-order chi connectivity index (χ1) is 6.95. The first kappa shape index (κ1) is 12.1. The van der Waals surface area contributed by atoms with Crippen LogP contribution in [0.15, 0.2) is 29.2 Å². The number of likely N-dealkylation sites (N-methyl/N-ethyl adjacent to an activating group) is 1. The van der Waals surface area contributed by atoms with Gasteiger partial charge in [0.25, 0.3) is 0 Å². The summed E-state index contributed by atoms with van der Waals surface area (Å²) in [5, 5.41) is 2.70. The minimum absolute atomic E-state index is 0.152. The summed E-state index contributed by atoms with van der Waals surface area (Å²) < 4.78 is 35.9. The molecule has 5 heteroatoms. The summed E-state index contributed by atoms with van der Waals surface area (Å²) in [6, 6.07) is 5.97. The molecule has 1 aromatic rings. The Morgan fingerprint density at radius 1 is 1.47 bits per heavy atom. The highest BCUT2D eigenvalue weighted by atomic mass is 32.2. The van der Waals surface area contributed by atoms with E-state index >= 15 is 0 Å². The number of hydrogen-bond acceptors (Lipinski definition) is 3. The second-order valence-electron chi connectivity index (χ2n) is 3.37. The summed E-state index contributed by atoms with van der Waals surface area (Å²) >= 11 is 0. The molecule has 84 valence electrons. The molecule has 0 aliphatic carbocycles. The van der Waals surface area contributed by atoms with Crippen LogP contribution in [0, 0.1) is 0 Å². The minimum Gasteiger partial charge on any atom is -0.317 e. The molecule has 0 saturated heterocycles. The zero-order valence-electron chi connectivity index (χ0n) is 8.70. The van der Waals surface area contributed by atoms with Gasteiger partial charge in [-0.2, -0.15) is 0 Å². The van der Waals surface area contributed by atoms with Crippen LogP contribution in [0.1, 0.15) is 11.7 Å². The van der Waals surface area contributed by atoms with Crippen LogP contribution in [0.2, 0.25) is 0 Å². The van der Waals surface area contributed by atoms with Gasteiger partial charge in [0.05, 0.1) is 4.90 Å². The Morgan fingerprint density at radius 3 is 2.67 bits per heavy atom. The first-order valence-electron chi connectivity index (χ1n) is 4.54. The zero-order chi connectivity index (χ0) is 11.5. The molecule has 15 heavy (non-hydrogen) atoms. The largest absolute Gasteiger partial charge is 0.317 e. The molecule has 0 aromatic heterocycles. The van der Waals surface area contributed by atoms with Gasteiger partial charge in [0.1, 0.15) is 6.17 Å². The topological polar surface area (TPSA) is 46.2 Å². The molecule has 0 fully saturated rings. The van der Waals surface area contributed by atoms with Crippen LogP contribution in [0.25, 0.3) is 0 Å². The maximum atomic E-state index is 13.4. The lowest BCUT2D eigenvalue weighted by Gasteiger charge is -2.08. The fourth-order valence-corrected chi connectivity index (χ4v) is 1.91. The third-order valence-electron chi connectivity index (χ3n) is 2.03. The highest BCUT2D eigenvalue weighted by Gasteiger charge is 2.12. The molecule has 0 bridgehead atoms. The van der Waals surface area contributed by atoms with Crippen molar-refractivity contribution in [2.45, 2.75) is 11.1 Å². The monoisotopic (exact) mass is 231 g/mol. The molecule has 1 N–H and O–H groups in total. The Labute approximate surface area is 89.2 Å². The number of hydrogen-bond donors (Lipinski definition) is 1. The van der Waals surface area contributed by atoms with Crippen LogP contribution in [0.3, 0.4) is 0 Å². The summed E-state index contributed by atoms with van der Waals surface area (Å²) in [5.74, 6) is 0. The van der Waals surface area contributed by atoms with E-state index in [0.29, 0.717) is 5.56 Å². The van der Waals surface area contributed by atoms with Gasteiger partial charge in [0, 0.05) is 12.8 Å². The van der Waals surface area contributed by atoms with E-state index in [1.807, 2.05) is 0 Å². The lowest BCUT2D eigenvalue weighted by Crippen LogP contribution is -2.14. The van der Waals surface area contributed by atoms with Crippen molar-refractivity contribution < 1.29 is 12.8 Å². The van der Waals surface area contributed by atoms with Crippen molar-refractivity contribution in [2.75, 3.05) is 19.8 Å². The molecule has 0 spiro atoms. The minimum atomic E-state index is -3.26. The van der Waals surface area contributed by atoms with Crippen LogP contribution < -0.4 is 5.32 Å². The third kappa shape index (κ3) is 3.28. The summed E-state index contributed by atoms with van der Waals surface area (Å²) in [6.45, 7) is 0.174. The number of benzene rings is 1. The van der Waals surface area contributed by atoms with Crippen molar-refractivity contribution in [3.8, 4) is 0 Å². The molecule has 0 saturated carbocycles. The van der Waals surface area contributed by atoms with Crippen LogP contribution in [-0.2, 0) is 9.84 Å². The quantitative estimate of drug-likeness (QED) is 0.850. The van der Waals surface area contributed by atoms with Gasteiger partial charge in [-0.3, -0.25) is 0 Å². The molecular formula is C10H14FNO2S. The van der Waals surface area contributed by atoms with Gasteiger partial charge in [-0.1, -0.05) is 12.1 Å². The van der Waals surface area contributed by atoms with E-state index in [0.717, 1.165) is 6.26 Å². The van der Waals surface area contributed by atoms with Crippen molar-refractivity contribution in [3.05, 3.63) is 29.8 Å². The van der Waals surface area contributed by atoms with Crippen molar-refractivity contribution in [3.63, 3.8) is 0 Å². The lowest BCUT2D eigenvalue weighted by molar-refractivity contribution is 0.335. The maximum absolute atomic E-state index is 13.4. The van der Waals surface area contributed by atoms with Crippen molar-refractivity contribution in [1.82, 2.24) is 5.32 Å². The van der Waals surface area contributed by atoms with Gasteiger partial charge in [-0.25, -0.2) is 12.8 Å². The van der Waals surface area contributed by atoms with Crippen molar-refractivity contribution >= 4 is 9.84 Å². The molecule has 1 unspecified atom stereocenters. The molecule has 0 aliphatic rings. The third-order valence-corrected chi connectivity index (χ3v) is 3.14. The molecule has 1 rings (SSSR count). The smallest absolute Gasteiger partial charge is 0.175 e. The molecular weight excluding hydrogens is 217 g/mol. The van der Waals surface area contributed by atoms with Crippen LogP contribution in [-0.4, -0.2) is 28.3 Å². The second kappa shape index (κ2) is 4.72. The van der Waals surface area contributed by atoms with Crippen molar-refractivity contribution in [1.29, 1.82) is 0 Å². The Hall–Kier alpha value is -0.940. The van der Waals surface area contributed by atoms with Gasteiger partial charge in [-0.15, -0.1) is 0 Å². The summed E-state index contributed by atoms with van der Waals surface area (Å²) in [6.07, 6.45) is -0.0751. The van der Waals surface area contributed by atoms with Crippen LogP contribution in [0.5, 0.6) is 0 Å². The lowest BCUT2D eigenvalue weighted by atomic mass is 10.1. The molecule has 3 nitrogen and oxygen atoms in total.